The number of anilines is 1. The highest BCUT2D eigenvalue weighted by Crippen LogP contribution is 2.25. The minimum atomic E-state index is -0.136. The molecule has 0 heterocycles. The Morgan fingerprint density at radius 1 is 1.00 bits per heavy atom. The zero-order chi connectivity index (χ0) is 23.6. The first-order valence-electron chi connectivity index (χ1n) is 10.8. The standard InChI is InChI=1S/C26H29BrClN3O2/c1-30(2)15-6-16-31(24-7-4-3-5-8-24)26(32)29-18-21-17-22(27)11-14-25(21)33-19-20-9-12-23(28)13-10-20/h3-5,7-14,17H,6,15-16,18-19H2,1-2H3,(H,29,32). The summed E-state index contributed by atoms with van der Waals surface area (Å²) in [5, 5.41) is 3.76. The second-order valence-corrected chi connectivity index (χ2v) is 9.32. The van der Waals surface area contributed by atoms with E-state index < -0.39 is 0 Å². The van der Waals surface area contributed by atoms with Gasteiger partial charge in [0.25, 0.3) is 0 Å². The average Bonchev–Trinajstić information content (AvgIpc) is 2.81. The summed E-state index contributed by atoms with van der Waals surface area (Å²) in [6.45, 7) is 2.31. The topological polar surface area (TPSA) is 44.8 Å². The Kier molecular flexibility index (Phi) is 9.61. The van der Waals surface area contributed by atoms with Crippen molar-refractivity contribution in [1.82, 2.24) is 10.2 Å². The number of hydrogen-bond acceptors (Lipinski definition) is 3. The van der Waals surface area contributed by atoms with Crippen LogP contribution in [0.4, 0.5) is 10.5 Å². The van der Waals surface area contributed by atoms with E-state index >= 15 is 0 Å². The molecule has 0 aromatic heterocycles. The molecule has 33 heavy (non-hydrogen) atoms. The Balaban J connectivity index is 1.67. The number of urea groups is 1. The molecule has 0 saturated heterocycles. The lowest BCUT2D eigenvalue weighted by Crippen LogP contribution is -2.41. The fourth-order valence-corrected chi connectivity index (χ4v) is 3.87. The van der Waals surface area contributed by atoms with Crippen LogP contribution in [0.3, 0.4) is 0 Å². The highest BCUT2D eigenvalue weighted by Gasteiger charge is 2.16. The molecule has 0 fully saturated rings. The summed E-state index contributed by atoms with van der Waals surface area (Å²) in [6, 6.07) is 23.0. The number of amides is 2. The van der Waals surface area contributed by atoms with Gasteiger partial charge in [-0.25, -0.2) is 4.79 Å². The van der Waals surface area contributed by atoms with Crippen molar-refractivity contribution in [3.05, 3.63) is 93.4 Å². The molecule has 0 aliphatic heterocycles. The van der Waals surface area contributed by atoms with Gasteiger partial charge in [-0.2, -0.15) is 0 Å². The molecule has 0 bridgehead atoms. The van der Waals surface area contributed by atoms with Crippen molar-refractivity contribution in [2.45, 2.75) is 19.6 Å². The number of ether oxygens (including phenoxy) is 1. The van der Waals surface area contributed by atoms with Gasteiger partial charge in [-0.15, -0.1) is 0 Å². The summed E-state index contributed by atoms with van der Waals surface area (Å²) in [7, 11) is 4.07. The van der Waals surface area contributed by atoms with E-state index in [0.29, 0.717) is 24.7 Å². The molecule has 0 aliphatic rings. The first-order valence-corrected chi connectivity index (χ1v) is 12.0. The van der Waals surface area contributed by atoms with Gasteiger partial charge < -0.3 is 15.0 Å². The van der Waals surface area contributed by atoms with Crippen LogP contribution in [0.5, 0.6) is 5.75 Å². The monoisotopic (exact) mass is 529 g/mol. The number of benzene rings is 3. The smallest absolute Gasteiger partial charge is 0.322 e. The van der Waals surface area contributed by atoms with Crippen LogP contribution >= 0.6 is 27.5 Å². The largest absolute Gasteiger partial charge is 0.489 e. The summed E-state index contributed by atoms with van der Waals surface area (Å²) in [5.41, 5.74) is 2.80. The lowest BCUT2D eigenvalue weighted by atomic mass is 10.2. The van der Waals surface area contributed by atoms with Crippen LogP contribution in [-0.2, 0) is 13.2 Å². The number of para-hydroxylation sites is 1. The fourth-order valence-electron chi connectivity index (χ4n) is 3.34. The minimum absolute atomic E-state index is 0.136. The van der Waals surface area contributed by atoms with Crippen LogP contribution in [0, 0.1) is 0 Å². The Morgan fingerprint density at radius 2 is 1.73 bits per heavy atom. The van der Waals surface area contributed by atoms with Gasteiger partial charge in [0.05, 0.1) is 0 Å². The van der Waals surface area contributed by atoms with Gasteiger partial charge in [-0.05, 0) is 75.1 Å². The fraction of sp³-hybridized carbons (Fsp3) is 0.269. The van der Waals surface area contributed by atoms with E-state index in [9.17, 15) is 4.79 Å². The predicted molar refractivity (Wildman–Crippen MR) is 139 cm³/mol. The normalized spacial score (nSPS) is 10.8. The summed E-state index contributed by atoms with van der Waals surface area (Å²) >= 11 is 9.49. The van der Waals surface area contributed by atoms with Crippen LogP contribution in [0.2, 0.25) is 5.02 Å². The predicted octanol–water partition coefficient (Wildman–Crippen LogP) is 6.35. The summed E-state index contributed by atoms with van der Waals surface area (Å²) in [4.78, 5) is 17.0. The molecule has 3 aromatic carbocycles. The SMILES string of the molecule is CN(C)CCCN(C(=O)NCc1cc(Br)ccc1OCc1ccc(Cl)cc1)c1ccccc1. The zero-order valence-electron chi connectivity index (χ0n) is 18.9. The molecular formula is C26H29BrClN3O2. The van der Waals surface area contributed by atoms with Gasteiger partial charge in [0.15, 0.2) is 0 Å². The lowest BCUT2D eigenvalue weighted by molar-refractivity contribution is 0.245. The third-order valence-electron chi connectivity index (χ3n) is 5.06. The van der Waals surface area contributed by atoms with Gasteiger partial charge in [0.2, 0.25) is 0 Å². The Labute approximate surface area is 209 Å². The molecule has 3 rings (SSSR count). The molecule has 2 amide bonds. The third kappa shape index (κ3) is 8.07. The maximum absolute atomic E-state index is 13.1. The second-order valence-electron chi connectivity index (χ2n) is 7.97. The van der Waals surface area contributed by atoms with Crippen LogP contribution in [0.25, 0.3) is 0 Å². The van der Waals surface area contributed by atoms with Crippen LogP contribution < -0.4 is 15.0 Å². The summed E-state index contributed by atoms with van der Waals surface area (Å²) in [5.74, 6) is 0.729. The highest BCUT2D eigenvalue weighted by atomic mass is 79.9. The molecule has 5 nitrogen and oxygen atoms in total. The summed E-state index contributed by atoms with van der Waals surface area (Å²) < 4.78 is 6.98. The molecular weight excluding hydrogens is 502 g/mol. The van der Waals surface area contributed by atoms with Crippen LogP contribution in [-0.4, -0.2) is 38.1 Å². The van der Waals surface area contributed by atoms with Gasteiger partial charge in [0.1, 0.15) is 12.4 Å². The number of carbonyl (C=O) groups excluding carboxylic acids is 1. The van der Waals surface area contributed by atoms with Crippen molar-refractivity contribution in [2.75, 3.05) is 32.1 Å². The highest BCUT2D eigenvalue weighted by molar-refractivity contribution is 9.10. The number of hydrogen-bond donors (Lipinski definition) is 1. The zero-order valence-corrected chi connectivity index (χ0v) is 21.3. The molecule has 0 radical (unpaired) electrons. The van der Waals surface area contributed by atoms with E-state index in [4.69, 9.17) is 16.3 Å². The average molecular weight is 531 g/mol. The van der Waals surface area contributed by atoms with Crippen molar-refractivity contribution in [3.63, 3.8) is 0 Å². The van der Waals surface area contributed by atoms with E-state index in [1.54, 1.807) is 4.90 Å². The van der Waals surface area contributed by atoms with Gasteiger partial charge in [-0.3, -0.25) is 4.90 Å². The van der Waals surface area contributed by atoms with Crippen molar-refractivity contribution in [3.8, 4) is 5.75 Å². The second kappa shape index (κ2) is 12.6. The molecule has 174 valence electrons. The van der Waals surface area contributed by atoms with Crippen molar-refractivity contribution in [2.24, 2.45) is 0 Å². The van der Waals surface area contributed by atoms with Gasteiger partial charge in [-0.1, -0.05) is 57.9 Å². The Morgan fingerprint density at radius 3 is 2.42 bits per heavy atom. The van der Waals surface area contributed by atoms with Crippen LogP contribution in [0.1, 0.15) is 17.5 Å². The molecule has 0 spiro atoms. The number of rotatable bonds is 10. The third-order valence-corrected chi connectivity index (χ3v) is 5.81. The van der Waals surface area contributed by atoms with Crippen molar-refractivity contribution < 1.29 is 9.53 Å². The van der Waals surface area contributed by atoms with Crippen LogP contribution in [0.15, 0.2) is 77.3 Å². The minimum Gasteiger partial charge on any atom is -0.489 e. The molecule has 0 atom stereocenters. The molecule has 3 aromatic rings. The maximum Gasteiger partial charge on any atom is 0.322 e. The van der Waals surface area contributed by atoms with E-state index in [0.717, 1.165) is 40.0 Å². The maximum atomic E-state index is 13.1. The first-order chi connectivity index (χ1) is 15.9. The van der Waals surface area contributed by atoms with E-state index in [-0.39, 0.29) is 6.03 Å². The molecule has 0 aliphatic carbocycles. The molecule has 7 heteroatoms. The molecule has 1 N–H and O–H groups in total. The lowest BCUT2D eigenvalue weighted by Gasteiger charge is -2.24. The number of nitrogens with one attached hydrogen (secondary N) is 1. The Bertz CT molecular complexity index is 1030. The quantitative estimate of drug-likeness (QED) is 0.332. The van der Waals surface area contributed by atoms with Gasteiger partial charge >= 0.3 is 6.03 Å². The number of halogens is 2. The number of nitrogens with zero attached hydrogens (tertiary/aromatic N) is 2. The van der Waals surface area contributed by atoms with E-state index in [2.05, 4.69) is 26.1 Å². The molecule has 0 saturated carbocycles. The van der Waals surface area contributed by atoms with E-state index in [1.807, 2.05) is 86.9 Å². The Hall–Kier alpha value is -2.54. The number of carbonyl (C=O) groups is 1. The molecule has 0 unspecified atom stereocenters. The van der Waals surface area contributed by atoms with Crippen molar-refractivity contribution >= 4 is 39.2 Å². The first kappa shape index (κ1) is 25.1. The summed E-state index contributed by atoms with van der Waals surface area (Å²) in [6.07, 6.45) is 0.877. The van der Waals surface area contributed by atoms with E-state index in [1.165, 1.54) is 0 Å². The van der Waals surface area contributed by atoms with Crippen molar-refractivity contribution in [1.29, 1.82) is 0 Å². The van der Waals surface area contributed by atoms with Gasteiger partial charge in [0, 0.05) is 33.8 Å².